The number of hydrogen-bond acceptors (Lipinski definition) is 4. The quantitative estimate of drug-likeness (QED) is 0.794. The highest BCUT2D eigenvalue weighted by atomic mass is 32.2. The Morgan fingerprint density at radius 3 is 2.47 bits per heavy atom. The van der Waals surface area contributed by atoms with Gasteiger partial charge in [-0.3, -0.25) is 0 Å². The lowest BCUT2D eigenvalue weighted by atomic mass is 10.1. The van der Waals surface area contributed by atoms with E-state index in [0.29, 0.717) is 0 Å². The molecule has 0 atom stereocenters. The van der Waals surface area contributed by atoms with Crippen LogP contribution in [0.25, 0.3) is 0 Å². The minimum absolute atomic E-state index is 0.193. The number of nitrogen functional groups attached to an aromatic ring is 1. The maximum absolute atomic E-state index is 13.3. The van der Waals surface area contributed by atoms with Gasteiger partial charge in [0, 0.05) is 12.1 Å². The van der Waals surface area contributed by atoms with Gasteiger partial charge in [0.1, 0.15) is 10.7 Å². The highest BCUT2D eigenvalue weighted by Crippen LogP contribution is 2.21. The average Bonchev–Trinajstić information content (AvgIpc) is 2.30. The number of nitrogens with one attached hydrogen (secondary N) is 1. The van der Waals surface area contributed by atoms with Crippen molar-refractivity contribution < 1.29 is 12.8 Å². The van der Waals surface area contributed by atoms with Crippen LogP contribution in [0.5, 0.6) is 0 Å². The molecule has 1 aromatic carbocycles. The molecular formula is C12H20FN3O2S. The molecule has 0 aliphatic carbocycles. The first-order valence-electron chi connectivity index (χ1n) is 5.79. The Labute approximate surface area is 113 Å². The molecule has 1 rings (SSSR count). The van der Waals surface area contributed by atoms with Crippen LogP contribution in [0.2, 0.25) is 0 Å². The molecule has 108 valence electrons. The van der Waals surface area contributed by atoms with Gasteiger partial charge in [0.15, 0.2) is 0 Å². The first-order valence-corrected chi connectivity index (χ1v) is 7.27. The van der Waals surface area contributed by atoms with Crippen molar-refractivity contribution in [3.05, 3.63) is 24.0 Å². The largest absolute Gasteiger partial charge is 0.395 e. The summed E-state index contributed by atoms with van der Waals surface area (Å²) in [6.07, 6.45) is 0. The van der Waals surface area contributed by atoms with E-state index in [2.05, 4.69) is 4.72 Å². The molecule has 0 radical (unpaired) electrons. The number of likely N-dealkylation sites (N-methyl/N-ethyl adjacent to an activating group) is 1. The second-order valence-electron chi connectivity index (χ2n) is 5.18. The number of anilines is 1. The van der Waals surface area contributed by atoms with Gasteiger partial charge in [-0.05, 0) is 40.1 Å². The summed E-state index contributed by atoms with van der Waals surface area (Å²) in [5, 5.41) is 0. The van der Waals surface area contributed by atoms with E-state index in [0.717, 1.165) is 6.07 Å². The topological polar surface area (TPSA) is 75.4 Å². The van der Waals surface area contributed by atoms with Crippen LogP contribution in [0.15, 0.2) is 23.1 Å². The summed E-state index contributed by atoms with van der Waals surface area (Å²) in [4.78, 5) is 1.66. The number of para-hydroxylation sites is 1. The van der Waals surface area contributed by atoms with Crippen LogP contribution in [-0.4, -0.2) is 39.5 Å². The lowest BCUT2D eigenvalue weighted by Gasteiger charge is -2.32. The molecule has 0 saturated carbocycles. The van der Waals surface area contributed by atoms with Gasteiger partial charge in [-0.25, -0.2) is 17.5 Å². The fourth-order valence-electron chi connectivity index (χ4n) is 1.26. The third-order valence-electron chi connectivity index (χ3n) is 3.21. The molecule has 19 heavy (non-hydrogen) atoms. The minimum Gasteiger partial charge on any atom is -0.395 e. The molecule has 0 heterocycles. The molecule has 0 amide bonds. The molecule has 0 unspecified atom stereocenters. The number of sulfonamides is 1. The fourth-order valence-corrected chi connectivity index (χ4v) is 2.60. The number of halogens is 1. The molecule has 0 aliphatic rings. The molecule has 0 aromatic heterocycles. The highest BCUT2D eigenvalue weighted by molar-refractivity contribution is 7.89. The van der Waals surface area contributed by atoms with Crippen LogP contribution in [0, 0.1) is 5.82 Å². The molecule has 5 nitrogen and oxygen atoms in total. The normalized spacial score (nSPS) is 12.9. The van der Waals surface area contributed by atoms with Crippen LogP contribution in [-0.2, 0) is 10.0 Å². The molecule has 3 N–H and O–H groups in total. The van der Waals surface area contributed by atoms with E-state index >= 15 is 0 Å². The monoisotopic (exact) mass is 289 g/mol. The smallest absolute Gasteiger partial charge is 0.242 e. The lowest BCUT2D eigenvalue weighted by Crippen LogP contribution is -2.48. The van der Waals surface area contributed by atoms with Crippen molar-refractivity contribution in [2.24, 2.45) is 0 Å². The Kier molecular flexibility index (Phi) is 4.54. The first-order chi connectivity index (χ1) is 8.58. The zero-order valence-corrected chi connectivity index (χ0v) is 12.4. The van der Waals surface area contributed by atoms with Crippen molar-refractivity contribution in [2.75, 3.05) is 26.4 Å². The van der Waals surface area contributed by atoms with Crippen LogP contribution < -0.4 is 10.5 Å². The zero-order valence-electron chi connectivity index (χ0n) is 11.6. The van der Waals surface area contributed by atoms with E-state index in [4.69, 9.17) is 5.73 Å². The van der Waals surface area contributed by atoms with Gasteiger partial charge in [-0.2, -0.15) is 0 Å². The molecule has 0 aliphatic heterocycles. The van der Waals surface area contributed by atoms with E-state index in [-0.39, 0.29) is 22.7 Å². The Hall–Kier alpha value is -1.18. The molecule has 0 saturated heterocycles. The molecule has 0 fully saturated rings. The summed E-state index contributed by atoms with van der Waals surface area (Å²) in [5.41, 5.74) is 4.73. The lowest BCUT2D eigenvalue weighted by molar-refractivity contribution is 0.199. The van der Waals surface area contributed by atoms with E-state index in [1.807, 2.05) is 32.8 Å². The maximum atomic E-state index is 13.3. The van der Waals surface area contributed by atoms with Crippen LogP contribution in [0.4, 0.5) is 10.1 Å². The van der Waals surface area contributed by atoms with Crippen molar-refractivity contribution in [2.45, 2.75) is 24.3 Å². The highest BCUT2D eigenvalue weighted by Gasteiger charge is 2.25. The standard InChI is InChI=1S/C12H20FN3O2S/c1-12(2,16(3)4)8-15-19(17,18)10-7-5-6-9(13)11(10)14/h5-7,15H,8,14H2,1-4H3. The summed E-state index contributed by atoms with van der Waals surface area (Å²) in [6, 6.07) is 3.72. The van der Waals surface area contributed by atoms with Gasteiger partial charge < -0.3 is 10.6 Å². The summed E-state index contributed by atoms with van der Waals surface area (Å²) < 4.78 is 39.9. The third kappa shape index (κ3) is 3.65. The number of nitrogens with two attached hydrogens (primary N) is 1. The summed E-state index contributed by atoms with van der Waals surface area (Å²) in [6.45, 7) is 3.98. The van der Waals surface area contributed by atoms with E-state index < -0.39 is 15.8 Å². The SMILES string of the molecule is CN(C)C(C)(C)CNS(=O)(=O)c1cccc(F)c1N. The van der Waals surface area contributed by atoms with E-state index in [1.165, 1.54) is 12.1 Å². The van der Waals surface area contributed by atoms with Crippen molar-refractivity contribution in [3.63, 3.8) is 0 Å². The van der Waals surface area contributed by atoms with Crippen molar-refractivity contribution in [3.8, 4) is 0 Å². The maximum Gasteiger partial charge on any atom is 0.242 e. The summed E-state index contributed by atoms with van der Waals surface area (Å²) >= 11 is 0. The Morgan fingerprint density at radius 1 is 1.37 bits per heavy atom. The molecular weight excluding hydrogens is 269 g/mol. The van der Waals surface area contributed by atoms with Crippen molar-refractivity contribution >= 4 is 15.7 Å². The van der Waals surface area contributed by atoms with E-state index in [9.17, 15) is 12.8 Å². The predicted molar refractivity (Wildman–Crippen MR) is 73.8 cm³/mol. The molecule has 1 aromatic rings. The summed E-state index contributed by atoms with van der Waals surface area (Å²) in [5.74, 6) is -0.741. The second kappa shape index (κ2) is 5.44. The second-order valence-corrected chi connectivity index (χ2v) is 6.92. The predicted octanol–water partition coefficient (Wildman–Crippen LogP) is 1.03. The average molecular weight is 289 g/mol. The Balaban J connectivity index is 2.97. The first kappa shape index (κ1) is 15.9. The fraction of sp³-hybridized carbons (Fsp3) is 0.500. The van der Waals surface area contributed by atoms with Crippen LogP contribution in [0.3, 0.4) is 0 Å². The van der Waals surface area contributed by atoms with Gasteiger partial charge in [0.25, 0.3) is 0 Å². The van der Waals surface area contributed by atoms with Crippen molar-refractivity contribution in [1.82, 2.24) is 9.62 Å². The van der Waals surface area contributed by atoms with Gasteiger partial charge in [0.2, 0.25) is 10.0 Å². The number of rotatable bonds is 5. The minimum atomic E-state index is -3.82. The Morgan fingerprint density at radius 2 is 1.95 bits per heavy atom. The number of hydrogen-bond donors (Lipinski definition) is 2. The molecule has 7 heteroatoms. The van der Waals surface area contributed by atoms with Crippen molar-refractivity contribution in [1.29, 1.82) is 0 Å². The van der Waals surface area contributed by atoms with E-state index in [1.54, 1.807) is 0 Å². The third-order valence-corrected chi connectivity index (χ3v) is 4.67. The zero-order chi connectivity index (χ0) is 14.8. The van der Waals surface area contributed by atoms with Gasteiger partial charge in [-0.15, -0.1) is 0 Å². The Bertz CT molecular complexity index is 556. The molecule has 0 bridgehead atoms. The van der Waals surface area contributed by atoms with Crippen LogP contribution >= 0.6 is 0 Å². The van der Waals surface area contributed by atoms with Gasteiger partial charge in [0.05, 0.1) is 5.69 Å². The van der Waals surface area contributed by atoms with Gasteiger partial charge >= 0.3 is 0 Å². The summed E-state index contributed by atoms with van der Waals surface area (Å²) in [7, 11) is -0.118. The number of benzene rings is 1. The van der Waals surface area contributed by atoms with Gasteiger partial charge in [-0.1, -0.05) is 6.07 Å². The van der Waals surface area contributed by atoms with Crippen LogP contribution in [0.1, 0.15) is 13.8 Å². The molecule has 0 spiro atoms. The number of nitrogens with zero attached hydrogens (tertiary/aromatic N) is 1.